The number of nitrogens with zero attached hydrogens (tertiary/aromatic N) is 1. The number of sulfone groups is 1. The number of thiazole rings is 1. The first-order chi connectivity index (χ1) is 18.0. The molecular formula is C27H37N3O6S2. The summed E-state index contributed by atoms with van der Waals surface area (Å²) in [6.45, 7) is 6.97. The minimum atomic E-state index is -3.76. The van der Waals surface area contributed by atoms with Gasteiger partial charge in [0.1, 0.15) is 5.75 Å². The van der Waals surface area contributed by atoms with Gasteiger partial charge < -0.3 is 20.5 Å². The van der Waals surface area contributed by atoms with E-state index in [2.05, 4.69) is 22.5 Å². The lowest BCUT2D eigenvalue weighted by molar-refractivity contribution is -0.135. The van der Waals surface area contributed by atoms with Crippen LogP contribution in [0.15, 0.2) is 35.2 Å². The van der Waals surface area contributed by atoms with E-state index in [-0.39, 0.29) is 39.9 Å². The first-order valence-corrected chi connectivity index (χ1v) is 15.5. The minimum Gasteiger partial charge on any atom is -0.392 e. The number of aliphatic hydroxyl groups excluding tert-OH is 1. The lowest BCUT2D eigenvalue weighted by Crippen LogP contribution is -2.53. The van der Waals surface area contributed by atoms with Gasteiger partial charge in [-0.25, -0.2) is 13.4 Å². The average Bonchev–Trinajstić information content (AvgIpc) is 3.25. The normalized spacial score (nSPS) is 27.6. The molecule has 1 aromatic heterocycles. The number of aromatic nitrogens is 1. The van der Waals surface area contributed by atoms with E-state index in [1.54, 1.807) is 25.3 Å². The Morgan fingerprint density at radius 2 is 2.00 bits per heavy atom. The highest BCUT2D eigenvalue weighted by molar-refractivity contribution is 7.92. The van der Waals surface area contributed by atoms with Crippen molar-refractivity contribution in [1.82, 2.24) is 10.3 Å². The van der Waals surface area contributed by atoms with Gasteiger partial charge in [0.15, 0.2) is 15.0 Å². The second kappa shape index (κ2) is 11.4. The summed E-state index contributed by atoms with van der Waals surface area (Å²) in [6, 6.07) is 7.90. The fraction of sp³-hybridized carbons (Fsp3) is 0.593. The van der Waals surface area contributed by atoms with E-state index in [0.717, 1.165) is 23.4 Å². The van der Waals surface area contributed by atoms with Gasteiger partial charge in [-0.3, -0.25) is 9.59 Å². The number of methoxy groups -OCH3 is 1. The average molecular weight is 564 g/mol. The molecule has 11 heteroatoms. The Hall–Kier alpha value is -2.34. The summed E-state index contributed by atoms with van der Waals surface area (Å²) in [5.41, 5.74) is 0.662. The van der Waals surface area contributed by atoms with Gasteiger partial charge >= 0.3 is 0 Å². The molecule has 3 N–H and O–H groups in total. The molecule has 38 heavy (non-hydrogen) atoms. The summed E-state index contributed by atoms with van der Waals surface area (Å²) in [5.74, 6) is -2.06. The fourth-order valence-electron chi connectivity index (χ4n) is 6.27. The maximum atomic E-state index is 12.7. The summed E-state index contributed by atoms with van der Waals surface area (Å²) >= 11 is 1.37. The van der Waals surface area contributed by atoms with Gasteiger partial charge in [-0.15, -0.1) is 11.3 Å². The number of rotatable bonds is 9. The van der Waals surface area contributed by atoms with Gasteiger partial charge in [-0.2, -0.15) is 0 Å². The molecule has 1 unspecified atom stereocenters. The number of fused-ring (bicyclic) bond motifs is 2. The molecule has 0 saturated heterocycles. The van der Waals surface area contributed by atoms with Crippen LogP contribution >= 0.6 is 11.3 Å². The number of nitrogens with one attached hydrogen (secondary N) is 2. The lowest BCUT2D eigenvalue weighted by Gasteiger charge is -2.53. The number of carbonyl (C=O) groups excluding carboxylic acids is 2. The molecule has 208 valence electrons. The third-order valence-electron chi connectivity index (χ3n) is 8.25. The van der Waals surface area contributed by atoms with E-state index in [0.29, 0.717) is 24.7 Å². The monoisotopic (exact) mass is 563 g/mol. The van der Waals surface area contributed by atoms with E-state index in [1.807, 2.05) is 13.8 Å². The van der Waals surface area contributed by atoms with Gasteiger partial charge in [0.05, 0.1) is 23.3 Å². The second-order valence-corrected chi connectivity index (χ2v) is 13.9. The molecule has 6 atom stereocenters. The number of aliphatic hydroxyl groups is 1. The number of anilines is 1. The van der Waals surface area contributed by atoms with Crippen molar-refractivity contribution < 1.29 is 27.9 Å². The van der Waals surface area contributed by atoms with Crippen molar-refractivity contribution in [3.8, 4) is 0 Å². The summed E-state index contributed by atoms with van der Waals surface area (Å²) in [6.07, 6.45) is 1.66. The molecule has 4 rings (SSSR count). The second-order valence-electron chi connectivity index (χ2n) is 10.9. The number of ether oxygens (including phenoxy) is 1. The van der Waals surface area contributed by atoms with E-state index in [1.165, 1.54) is 23.5 Å². The number of hydrogen-bond donors (Lipinski definition) is 3. The van der Waals surface area contributed by atoms with E-state index >= 15 is 0 Å². The Labute approximate surface area is 228 Å². The van der Waals surface area contributed by atoms with Crippen molar-refractivity contribution in [3.05, 3.63) is 40.9 Å². The molecule has 2 aliphatic rings. The van der Waals surface area contributed by atoms with Gasteiger partial charge in [0.2, 0.25) is 11.8 Å². The predicted molar refractivity (Wildman–Crippen MR) is 146 cm³/mol. The van der Waals surface area contributed by atoms with Crippen molar-refractivity contribution in [2.45, 2.75) is 57.0 Å². The fourth-order valence-corrected chi connectivity index (χ4v) is 8.71. The molecule has 9 nitrogen and oxygen atoms in total. The van der Waals surface area contributed by atoms with Crippen LogP contribution in [0.1, 0.15) is 50.1 Å². The Morgan fingerprint density at radius 1 is 1.29 bits per heavy atom. The smallest absolute Gasteiger partial charge is 0.241 e. The van der Waals surface area contributed by atoms with E-state index in [4.69, 9.17) is 4.74 Å². The first kappa shape index (κ1) is 28.7. The number of benzene rings is 1. The highest BCUT2D eigenvalue weighted by Crippen LogP contribution is 2.57. The third kappa shape index (κ3) is 5.80. The van der Waals surface area contributed by atoms with Gasteiger partial charge in [0.25, 0.3) is 0 Å². The highest BCUT2D eigenvalue weighted by Gasteiger charge is 2.53. The summed E-state index contributed by atoms with van der Waals surface area (Å²) < 4.78 is 30.2. The standard InChI is InChI=1S/C27H37N3O6S2/c1-16(25(33)28-12-13-36-4)19-10-11-27(3)14-20-23(17(2)22(27)24(19)32)30-26(37-20)29-21(31)15-38(34,35)18-8-6-5-7-9-18/h5-9,16-17,19,22,24,32H,10-15H2,1-4H3,(H,28,33)(H,29,30,31)/t16-,17-,19?,22+,24-,27-/m0/s1. The predicted octanol–water partition coefficient (Wildman–Crippen LogP) is 3.01. The quantitative estimate of drug-likeness (QED) is 0.399. The van der Waals surface area contributed by atoms with E-state index in [9.17, 15) is 23.1 Å². The van der Waals surface area contributed by atoms with Crippen LogP contribution in [0.4, 0.5) is 5.13 Å². The Morgan fingerprint density at radius 3 is 2.68 bits per heavy atom. The summed E-state index contributed by atoms with van der Waals surface area (Å²) in [7, 11) is -2.18. The molecule has 1 fully saturated rings. The highest BCUT2D eigenvalue weighted by atomic mass is 32.2. The van der Waals surface area contributed by atoms with Crippen LogP contribution in [0.5, 0.6) is 0 Å². The number of amides is 2. The molecular weight excluding hydrogens is 526 g/mol. The number of hydrogen-bond acceptors (Lipinski definition) is 8. The van der Waals surface area contributed by atoms with Crippen LogP contribution in [0.3, 0.4) is 0 Å². The zero-order valence-corrected chi connectivity index (χ0v) is 23.9. The van der Waals surface area contributed by atoms with Gasteiger partial charge in [-0.1, -0.05) is 39.0 Å². The zero-order valence-electron chi connectivity index (χ0n) is 22.3. The molecule has 2 aliphatic carbocycles. The molecule has 2 amide bonds. The molecule has 0 bridgehead atoms. The van der Waals surface area contributed by atoms with Crippen molar-refractivity contribution in [2.24, 2.45) is 23.2 Å². The molecule has 1 heterocycles. The Bertz CT molecular complexity index is 1260. The van der Waals surface area contributed by atoms with Crippen LogP contribution in [0.2, 0.25) is 0 Å². The molecule has 0 radical (unpaired) electrons. The Balaban J connectivity index is 1.47. The van der Waals surface area contributed by atoms with Crippen LogP contribution in [-0.4, -0.2) is 62.4 Å². The van der Waals surface area contributed by atoms with E-state index < -0.39 is 27.6 Å². The minimum absolute atomic E-state index is 0.0806. The maximum Gasteiger partial charge on any atom is 0.241 e. The van der Waals surface area contributed by atoms with Crippen LogP contribution < -0.4 is 10.6 Å². The molecule has 0 spiro atoms. The van der Waals surface area contributed by atoms with Gasteiger partial charge in [-0.05, 0) is 48.6 Å². The van der Waals surface area contributed by atoms with Crippen molar-refractivity contribution in [1.29, 1.82) is 0 Å². The molecule has 2 aromatic rings. The largest absolute Gasteiger partial charge is 0.392 e. The zero-order chi connectivity index (χ0) is 27.7. The SMILES string of the molecule is COCCNC(=O)[C@@H](C)C1CC[C@@]2(C)Cc3sc(NC(=O)CS(=O)(=O)c4ccccc4)nc3[C@@H](C)[C@@H]2[C@H]1O. The van der Waals surface area contributed by atoms with Gasteiger partial charge in [0, 0.05) is 30.4 Å². The third-order valence-corrected chi connectivity index (χ3v) is 10.9. The topological polar surface area (TPSA) is 135 Å². The first-order valence-electron chi connectivity index (χ1n) is 13.0. The Kier molecular flexibility index (Phi) is 8.61. The molecule has 0 aliphatic heterocycles. The van der Waals surface area contributed by atoms with Crippen LogP contribution in [0.25, 0.3) is 0 Å². The van der Waals surface area contributed by atoms with Crippen molar-refractivity contribution in [3.63, 3.8) is 0 Å². The van der Waals surface area contributed by atoms with Crippen molar-refractivity contribution in [2.75, 3.05) is 31.3 Å². The lowest BCUT2D eigenvalue weighted by atomic mass is 9.53. The number of carbonyl (C=O) groups is 2. The summed E-state index contributed by atoms with van der Waals surface area (Å²) in [5, 5.41) is 17.5. The maximum absolute atomic E-state index is 12.7. The summed E-state index contributed by atoms with van der Waals surface area (Å²) in [4.78, 5) is 31.2. The van der Waals surface area contributed by atoms with Crippen LogP contribution in [0, 0.1) is 23.2 Å². The van der Waals surface area contributed by atoms with Crippen LogP contribution in [-0.2, 0) is 30.6 Å². The molecule has 1 saturated carbocycles. The van der Waals surface area contributed by atoms with Crippen molar-refractivity contribution >= 4 is 38.1 Å². The molecule has 1 aromatic carbocycles.